The summed E-state index contributed by atoms with van der Waals surface area (Å²) in [7, 11) is 2.17. The molecule has 0 aromatic rings. The Bertz CT molecular complexity index is 53.0. The predicted octanol–water partition coefficient (Wildman–Crippen LogP) is 2.13. The molecule has 0 aliphatic carbocycles. The fourth-order valence-electron chi connectivity index (χ4n) is 0.875. The van der Waals surface area contributed by atoms with Crippen molar-refractivity contribution in [3.63, 3.8) is 0 Å². The zero-order valence-corrected chi connectivity index (χ0v) is 7.25. The van der Waals surface area contributed by atoms with Gasteiger partial charge in [-0.3, -0.25) is 0 Å². The molecule has 1 heterocycles. The Kier molecular flexibility index (Phi) is 7.06. The molecule has 0 bridgehead atoms. The van der Waals surface area contributed by atoms with E-state index in [4.69, 9.17) is 23.2 Å². The van der Waals surface area contributed by atoms with Crippen LogP contribution in [0.4, 0.5) is 0 Å². The molecule has 0 amide bonds. The summed E-state index contributed by atoms with van der Waals surface area (Å²) in [5, 5.41) is 0.194. The van der Waals surface area contributed by atoms with Crippen LogP contribution < -0.4 is 0 Å². The van der Waals surface area contributed by atoms with Crippen molar-refractivity contribution in [3.05, 3.63) is 0 Å². The van der Waals surface area contributed by atoms with Gasteiger partial charge in [-0.25, -0.2) is 0 Å². The zero-order valence-electron chi connectivity index (χ0n) is 5.74. The fourth-order valence-corrected chi connectivity index (χ4v) is 0.875. The minimum atomic E-state index is 0.194. The average Bonchev–Trinajstić information content (AvgIpc) is 2.20. The van der Waals surface area contributed by atoms with Crippen molar-refractivity contribution in [2.45, 2.75) is 12.8 Å². The number of hydrogen-bond acceptors (Lipinski definition) is 1. The van der Waals surface area contributed by atoms with E-state index in [1.54, 1.807) is 0 Å². The van der Waals surface area contributed by atoms with Crippen LogP contribution in [0.2, 0.25) is 0 Å². The van der Waals surface area contributed by atoms with E-state index in [-0.39, 0.29) is 5.34 Å². The van der Waals surface area contributed by atoms with Gasteiger partial charge in [-0.2, -0.15) is 0 Å². The Hall–Kier alpha value is 0.540. The third-order valence-electron chi connectivity index (χ3n) is 1.33. The largest absolute Gasteiger partial charge is 0.306 e. The van der Waals surface area contributed by atoms with E-state index in [1.807, 2.05) is 0 Å². The highest BCUT2D eigenvalue weighted by Crippen LogP contribution is 2.01. The lowest BCUT2D eigenvalue weighted by Gasteiger charge is -2.01. The minimum absolute atomic E-state index is 0.194. The van der Waals surface area contributed by atoms with Crippen LogP contribution in [-0.4, -0.2) is 30.4 Å². The van der Waals surface area contributed by atoms with E-state index in [9.17, 15) is 0 Å². The molecule has 3 heteroatoms. The van der Waals surface area contributed by atoms with Gasteiger partial charge in [0, 0.05) is 0 Å². The molecule has 1 rings (SSSR count). The van der Waals surface area contributed by atoms with E-state index in [1.165, 1.54) is 25.9 Å². The maximum atomic E-state index is 4.76. The summed E-state index contributed by atoms with van der Waals surface area (Å²) >= 11 is 9.53. The summed E-state index contributed by atoms with van der Waals surface area (Å²) in [6, 6.07) is 0. The molecular weight excluding hydrogens is 157 g/mol. The summed E-state index contributed by atoms with van der Waals surface area (Å²) in [6.07, 6.45) is 2.83. The van der Waals surface area contributed by atoms with Crippen LogP contribution in [0.15, 0.2) is 0 Å². The van der Waals surface area contributed by atoms with Crippen molar-refractivity contribution in [2.24, 2.45) is 0 Å². The molecule has 0 atom stereocenters. The average molecular weight is 170 g/mol. The van der Waals surface area contributed by atoms with Crippen molar-refractivity contribution < 1.29 is 0 Å². The van der Waals surface area contributed by atoms with Gasteiger partial charge in [0.25, 0.3) is 0 Å². The second-order valence-electron chi connectivity index (χ2n) is 2.11. The Morgan fingerprint density at radius 1 is 1.22 bits per heavy atom. The quantitative estimate of drug-likeness (QED) is 0.503. The third kappa shape index (κ3) is 6.42. The van der Waals surface area contributed by atoms with Gasteiger partial charge in [-0.05, 0) is 33.0 Å². The first-order chi connectivity index (χ1) is 4.31. The lowest BCUT2D eigenvalue weighted by atomic mass is 10.4. The molecule has 56 valence electrons. The van der Waals surface area contributed by atoms with E-state index < -0.39 is 0 Å². The predicted molar refractivity (Wildman–Crippen MR) is 43.3 cm³/mol. The first kappa shape index (κ1) is 9.54. The summed E-state index contributed by atoms with van der Waals surface area (Å²) < 4.78 is 0. The molecule has 0 aromatic carbocycles. The number of likely N-dealkylation sites (tertiary alicyclic amines) is 1. The van der Waals surface area contributed by atoms with Gasteiger partial charge in [-0.15, -0.1) is 23.2 Å². The molecule has 0 aromatic heterocycles. The molecule has 1 aliphatic heterocycles. The van der Waals surface area contributed by atoms with Crippen molar-refractivity contribution in [1.82, 2.24) is 4.90 Å². The van der Waals surface area contributed by atoms with E-state index in [0.717, 1.165) is 0 Å². The van der Waals surface area contributed by atoms with Crippen molar-refractivity contribution in [3.8, 4) is 0 Å². The summed E-state index contributed by atoms with van der Waals surface area (Å²) in [6.45, 7) is 2.64. The van der Waals surface area contributed by atoms with Gasteiger partial charge in [0.05, 0.1) is 5.34 Å². The third-order valence-corrected chi connectivity index (χ3v) is 1.33. The van der Waals surface area contributed by atoms with E-state index in [2.05, 4.69) is 11.9 Å². The zero-order chi connectivity index (χ0) is 7.11. The summed E-state index contributed by atoms with van der Waals surface area (Å²) in [5.41, 5.74) is 0. The monoisotopic (exact) mass is 169 g/mol. The topological polar surface area (TPSA) is 3.24 Å². The van der Waals surface area contributed by atoms with E-state index in [0.29, 0.717) is 0 Å². The Morgan fingerprint density at radius 3 is 1.67 bits per heavy atom. The standard InChI is InChI=1S/C5H11N.CH2Cl2/c1-6-4-2-3-5-6;2-1-3/h2-5H2,1H3;1H2. The smallest absolute Gasteiger partial charge is 0.0967 e. The maximum absolute atomic E-state index is 4.76. The van der Waals surface area contributed by atoms with Crippen LogP contribution in [-0.2, 0) is 0 Å². The second-order valence-corrected chi connectivity index (χ2v) is 2.92. The van der Waals surface area contributed by atoms with Crippen LogP contribution in [0, 0.1) is 0 Å². The fraction of sp³-hybridized carbons (Fsp3) is 1.00. The molecule has 0 unspecified atom stereocenters. The summed E-state index contributed by atoms with van der Waals surface area (Å²) in [5.74, 6) is 0. The number of rotatable bonds is 0. The van der Waals surface area contributed by atoms with Crippen LogP contribution in [0.25, 0.3) is 0 Å². The molecule has 0 spiro atoms. The first-order valence-electron chi connectivity index (χ1n) is 3.11. The lowest BCUT2D eigenvalue weighted by Crippen LogP contribution is -2.10. The molecule has 0 radical (unpaired) electrons. The van der Waals surface area contributed by atoms with Crippen LogP contribution in [0.5, 0.6) is 0 Å². The number of nitrogens with zero attached hydrogens (tertiary/aromatic N) is 1. The van der Waals surface area contributed by atoms with Gasteiger partial charge in [0.2, 0.25) is 0 Å². The van der Waals surface area contributed by atoms with Crippen LogP contribution in [0.1, 0.15) is 12.8 Å². The highest BCUT2D eigenvalue weighted by atomic mass is 35.5. The van der Waals surface area contributed by atoms with Gasteiger partial charge in [0.15, 0.2) is 0 Å². The maximum Gasteiger partial charge on any atom is 0.0967 e. The molecule has 9 heavy (non-hydrogen) atoms. The van der Waals surface area contributed by atoms with Gasteiger partial charge in [-0.1, -0.05) is 0 Å². The van der Waals surface area contributed by atoms with Crippen LogP contribution in [0.3, 0.4) is 0 Å². The number of halogens is 2. The highest BCUT2D eigenvalue weighted by molar-refractivity contribution is 6.40. The Morgan fingerprint density at radius 2 is 1.56 bits per heavy atom. The SMILES string of the molecule is CN1CCCC1.ClCCl. The normalized spacial score (nSPS) is 19.0. The second kappa shape index (κ2) is 6.66. The van der Waals surface area contributed by atoms with Gasteiger partial charge < -0.3 is 4.90 Å². The molecular formula is C6H13Cl2N. The van der Waals surface area contributed by atoms with Gasteiger partial charge >= 0.3 is 0 Å². The van der Waals surface area contributed by atoms with Crippen molar-refractivity contribution in [2.75, 3.05) is 25.5 Å². The molecule has 0 N–H and O–H groups in total. The first-order valence-corrected chi connectivity index (χ1v) is 4.18. The van der Waals surface area contributed by atoms with Crippen LogP contribution >= 0.6 is 23.2 Å². The van der Waals surface area contributed by atoms with Crippen molar-refractivity contribution in [1.29, 1.82) is 0 Å². The highest BCUT2D eigenvalue weighted by Gasteiger charge is 2.03. The van der Waals surface area contributed by atoms with E-state index >= 15 is 0 Å². The molecule has 1 nitrogen and oxygen atoms in total. The van der Waals surface area contributed by atoms with Gasteiger partial charge in [0.1, 0.15) is 0 Å². The summed E-state index contributed by atoms with van der Waals surface area (Å²) in [4.78, 5) is 2.36. The van der Waals surface area contributed by atoms with Crippen molar-refractivity contribution >= 4 is 23.2 Å². The Labute approximate surface area is 66.9 Å². The molecule has 1 fully saturated rings. The Balaban J connectivity index is 0.000000187. The number of hydrogen-bond donors (Lipinski definition) is 0. The minimum Gasteiger partial charge on any atom is -0.306 e. The molecule has 1 aliphatic rings. The number of alkyl halides is 2. The molecule has 0 saturated carbocycles. The molecule has 1 saturated heterocycles. The lowest BCUT2D eigenvalue weighted by molar-refractivity contribution is 0.418.